The Balaban J connectivity index is 1.69. The molecule has 2 unspecified atom stereocenters. The van der Waals surface area contributed by atoms with Crippen molar-refractivity contribution in [2.75, 3.05) is 5.32 Å². The predicted octanol–water partition coefficient (Wildman–Crippen LogP) is 5.23. The molecular weight excluding hydrogens is 407 g/mol. The van der Waals surface area contributed by atoms with E-state index in [1.807, 2.05) is 36.6 Å². The first-order valence-electron chi connectivity index (χ1n) is 9.06. The minimum Gasteiger partial charge on any atom is -0.343 e. The molecule has 150 valence electrons. The van der Waals surface area contributed by atoms with Gasteiger partial charge in [0.25, 0.3) is 0 Å². The number of benzene rings is 2. The molecule has 2 aromatic carbocycles. The molecule has 0 saturated carbocycles. The number of amides is 2. The van der Waals surface area contributed by atoms with Gasteiger partial charge in [0.2, 0.25) is 11.8 Å². The highest BCUT2D eigenvalue weighted by Gasteiger charge is 2.22. The quantitative estimate of drug-likeness (QED) is 0.507. The number of hydrogen-bond donors (Lipinski definition) is 2. The Morgan fingerprint density at radius 3 is 2.31 bits per heavy atom. The van der Waals surface area contributed by atoms with Crippen LogP contribution in [0.1, 0.15) is 30.3 Å². The third-order valence-corrected chi connectivity index (χ3v) is 6.22. The summed E-state index contributed by atoms with van der Waals surface area (Å²) in [6, 6.07) is 17.1. The highest BCUT2D eigenvalue weighted by Crippen LogP contribution is 2.29. The Morgan fingerprint density at radius 2 is 1.72 bits per heavy atom. The van der Waals surface area contributed by atoms with Crippen molar-refractivity contribution in [3.63, 3.8) is 0 Å². The smallest absolute Gasteiger partial charge is 0.233 e. The lowest BCUT2D eigenvalue weighted by Crippen LogP contribution is -2.34. The molecule has 2 amide bonds. The Morgan fingerprint density at radius 1 is 1.03 bits per heavy atom. The van der Waals surface area contributed by atoms with E-state index in [-0.39, 0.29) is 28.9 Å². The van der Waals surface area contributed by atoms with E-state index in [4.69, 9.17) is 0 Å². The number of halogens is 1. The number of thiophene rings is 1. The fraction of sp³-hybridized carbons (Fsp3) is 0.182. The summed E-state index contributed by atoms with van der Waals surface area (Å²) in [7, 11) is 0. The van der Waals surface area contributed by atoms with Crippen LogP contribution in [0.15, 0.2) is 70.9 Å². The van der Waals surface area contributed by atoms with Crippen LogP contribution in [0.5, 0.6) is 0 Å². The molecule has 0 fully saturated rings. The van der Waals surface area contributed by atoms with E-state index in [1.54, 1.807) is 35.6 Å². The molecule has 1 aromatic heterocycles. The van der Waals surface area contributed by atoms with Crippen molar-refractivity contribution in [3.8, 4) is 0 Å². The van der Waals surface area contributed by atoms with Crippen LogP contribution in [0.3, 0.4) is 0 Å². The fourth-order valence-corrected chi connectivity index (χ4v) is 4.45. The van der Waals surface area contributed by atoms with Gasteiger partial charge in [0.15, 0.2) is 0 Å². The summed E-state index contributed by atoms with van der Waals surface area (Å²) in [5.74, 6) is -0.543. The lowest BCUT2D eigenvalue weighted by molar-refractivity contribution is -0.120. The van der Waals surface area contributed by atoms with Crippen LogP contribution < -0.4 is 10.6 Å². The van der Waals surface area contributed by atoms with E-state index in [2.05, 4.69) is 10.6 Å². The second kappa shape index (κ2) is 9.71. The summed E-state index contributed by atoms with van der Waals surface area (Å²) in [6.07, 6.45) is 0. The normalized spacial score (nSPS) is 12.8. The van der Waals surface area contributed by atoms with Crippen molar-refractivity contribution in [2.45, 2.75) is 30.0 Å². The molecule has 0 aliphatic rings. The predicted molar refractivity (Wildman–Crippen MR) is 117 cm³/mol. The van der Waals surface area contributed by atoms with E-state index in [0.717, 1.165) is 15.3 Å². The van der Waals surface area contributed by atoms with Gasteiger partial charge in [0, 0.05) is 22.4 Å². The minimum atomic E-state index is -0.329. The average molecular weight is 429 g/mol. The maximum Gasteiger partial charge on any atom is 0.233 e. The number of nitrogens with one attached hydrogen (secondary N) is 2. The molecule has 0 aliphatic carbocycles. The summed E-state index contributed by atoms with van der Waals surface area (Å²) < 4.78 is 13.3. The van der Waals surface area contributed by atoms with Crippen molar-refractivity contribution >= 4 is 40.6 Å². The monoisotopic (exact) mass is 428 g/mol. The van der Waals surface area contributed by atoms with Crippen LogP contribution in [0.2, 0.25) is 0 Å². The molecule has 0 saturated heterocycles. The van der Waals surface area contributed by atoms with Crippen LogP contribution in [0.4, 0.5) is 10.1 Å². The van der Waals surface area contributed by atoms with Crippen molar-refractivity contribution in [1.82, 2.24) is 5.32 Å². The molecule has 0 radical (unpaired) electrons. The zero-order valence-electron chi connectivity index (χ0n) is 16.0. The van der Waals surface area contributed by atoms with E-state index in [0.29, 0.717) is 5.69 Å². The second-order valence-corrected chi connectivity index (χ2v) is 8.87. The lowest BCUT2D eigenvalue weighted by atomic mass is 10.1. The number of carbonyl (C=O) groups is 2. The summed E-state index contributed by atoms with van der Waals surface area (Å²) in [5.41, 5.74) is 1.55. The van der Waals surface area contributed by atoms with Gasteiger partial charge in [-0.2, -0.15) is 0 Å². The first-order chi connectivity index (χ1) is 13.9. The van der Waals surface area contributed by atoms with E-state index >= 15 is 0 Å². The van der Waals surface area contributed by atoms with Gasteiger partial charge in [-0.3, -0.25) is 9.59 Å². The highest BCUT2D eigenvalue weighted by molar-refractivity contribution is 8.00. The van der Waals surface area contributed by atoms with Crippen molar-refractivity contribution in [3.05, 3.63) is 82.3 Å². The van der Waals surface area contributed by atoms with Crippen LogP contribution in [-0.4, -0.2) is 17.1 Å². The molecule has 2 N–H and O–H groups in total. The highest BCUT2D eigenvalue weighted by atomic mass is 32.2. The van der Waals surface area contributed by atoms with Gasteiger partial charge < -0.3 is 10.6 Å². The van der Waals surface area contributed by atoms with Crippen molar-refractivity contribution in [2.24, 2.45) is 0 Å². The first kappa shape index (κ1) is 21.1. The number of thioether (sulfide) groups is 1. The van der Waals surface area contributed by atoms with Gasteiger partial charge in [0.1, 0.15) is 5.82 Å². The standard InChI is InChI=1S/C22H21FN2O2S2/c1-14(29-19-11-9-18(10-12-19)24-15(2)26)22(27)25-21(20-4-3-13-28-20)16-5-7-17(23)8-6-16/h3-14,21H,1-2H3,(H,24,26)(H,25,27). The SMILES string of the molecule is CC(=O)Nc1ccc(SC(C)C(=O)NC(c2ccc(F)cc2)c2cccs2)cc1. The summed E-state index contributed by atoms with van der Waals surface area (Å²) in [5, 5.41) is 7.42. The maximum absolute atomic E-state index is 13.3. The second-order valence-electron chi connectivity index (χ2n) is 6.47. The van der Waals surface area contributed by atoms with Gasteiger partial charge in [0.05, 0.1) is 11.3 Å². The molecule has 29 heavy (non-hydrogen) atoms. The van der Waals surface area contributed by atoms with Gasteiger partial charge >= 0.3 is 0 Å². The van der Waals surface area contributed by atoms with Crippen molar-refractivity contribution < 1.29 is 14.0 Å². The van der Waals surface area contributed by atoms with Crippen LogP contribution >= 0.6 is 23.1 Å². The van der Waals surface area contributed by atoms with Crippen LogP contribution in [0, 0.1) is 5.82 Å². The van der Waals surface area contributed by atoms with Crippen molar-refractivity contribution in [1.29, 1.82) is 0 Å². The third kappa shape index (κ3) is 5.92. The van der Waals surface area contributed by atoms with Crippen LogP contribution in [-0.2, 0) is 9.59 Å². The van der Waals surface area contributed by atoms with Gasteiger partial charge in [-0.25, -0.2) is 4.39 Å². The number of rotatable bonds is 7. The third-order valence-electron chi connectivity index (χ3n) is 4.17. The minimum absolute atomic E-state index is 0.108. The van der Waals surface area contributed by atoms with E-state index in [1.165, 1.54) is 30.8 Å². The maximum atomic E-state index is 13.3. The first-order valence-corrected chi connectivity index (χ1v) is 10.8. The van der Waals surface area contributed by atoms with Gasteiger partial charge in [-0.1, -0.05) is 18.2 Å². The molecule has 7 heteroatoms. The Hall–Kier alpha value is -2.64. The average Bonchev–Trinajstić information content (AvgIpc) is 3.22. The molecule has 0 spiro atoms. The molecule has 2 atom stereocenters. The Bertz CT molecular complexity index is 957. The fourth-order valence-electron chi connectivity index (χ4n) is 2.77. The zero-order chi connectivity index (χ0) is 20.8. The van der Waals surface area contributed by atoms with Gasteiger partial charge in [-0.15, -0.1) is 23.1 Å². The molecule has 0 bridgehead atoms. The van der Waals surface area contributed by atoms with Gasteiger partial charge in [-0.05, 0) is 60.3 Å². The topological polar surface area (TPSA) is 58.2 Å². The largest absolute Gasteiger partial charge is 0.343 e. The Labute approximate surface area is 177 Å². The molecular formula is C22H21FN2O2S2. The van der Waals surface area contributed by atoms with E-state index in [9.17, 15) is 14.0 Å². The number of carbonyl (C=O) groups excluding carboxylic acids is 2. The van der Waals surface area contributed by atoms with E-state index < -0.39 is 0 Å². The molecule has 4 nitrogen and oxygen atoms in total. The molecule has 3 aromatic rings. The Kier molecular flexibility index (Phi) is 7.06. The number of hydrogen-bond acceptors (Lipinski definition) is 4. The summed E-state index contributed by atoms with van der Waals surface area (Å²) in [4.78, 5) is 25.9. The zero-order valence-corrected chi connectivity index (χ0v) is 17.6. The van der Waals surface area contributed by atoms with Crippen LogP contribution in [0.25, 0.3) is 0 Å². The lowest BCUT2D eigenvalue weighted by Gasteiger charge is -2.21. The molecule has 0 aliphatic heterocycles. The molecule has 1 heterocycles. The summed E-state index contributed by atoms with van der Waals surface area (Å²) >= 11 is 2.98. The number of anilines is 1. The summed E-state index contributed by atoms with van der Waals surface area (Å²) in [6.45, 7) is 3.30. The molecule has 3 rings (SSSR count).